The van der Waals surface area contributed by atoms with E-state index >= 15 is 0 Å². The van der Waals surface area contributed by atoms with Crippen LogP contribution in [-0.4, -0.2) is 27.1 Å². The molecule has 0 amide bonds. The van der Waals surface area contributed by atoms with E-state index in [1.165, 1.54) is 0 Å². The maximum absolute atomic E-state index is 11.9. The number of aromatic nitrogens is 1. The van der Waals surface area contributed by atoms with Crippen molar-refractivity contribution in [3.8, 4) is 11.8 Å². The number of rotatable bonds is 3. The number of pyridine rings is 1. The molecule has 1 aliphatic carbocycles. The molecule has 1 aromatic heterocycles. The molecule has 2 aromatic rings. The Hall–Kier alpha value is -3.13. The lowest BCUT2D eigenvalue weighted by atomic mass is 9.79. The van der Waals surface area contributed by atoms with Gasteiger partial charge in [0.1, 0.15) is 0 Å². The third-order valence-corrected chi connectivity index (χ3v) is 4.43. The molecule has 0 bridgehead atoms. The molecule has 0 atom stereocenters. The fourth-order valence-corrected chi connectivity index (χ4v) is 2.96. The van der Waals surface area contributed by atoms with E-state index in [1.54, 1.807) is 19.1 Å². The van der Waals surface area contributed by atoms with Crippen LogP contribution in [0.1, 0.15) is 68.4 Å². The van der Waals surface area contributed by atoms with Crippen molar-refractivity contribution in [2.24, 2.45) is 0 Å². The molecule has 0 aliphatic heterocycles. The van der Waals surface area contributed by atoms with Gasteiger partial charge in [0, 0.05) is 11.5 Å². The van der Waals surface area contributed by atoms with E-state index in [-0.39, 0.29) is 22.6 Å². The number of carbonyl (C=O) groups is 2. The van der Waals surface area contributed by atoms with Crippen molar-refractivity contribution < 1.29 is 19.8 Å². The molecule has 0 unspecified atom stereocenters. The largest absolute Gasteiger partial charge is 0.478 e. The van der Waals surface area contributed by atoms with Gasteiger partial charge in [0.25, 0.3) is 0 Å². The van der Waals surface area contributed by atoms with E-state index in [0.717, 1.165) is 19.3 Å². The highest BCUT2D eigenvalue weighted by atomic mass is 16.4. The van der Waals surface area contributed by atoms with Crippen LogP contribution >= 0.6 is 0 Å². The number of carboxylic acids is 2. The average Bonchev–Trinajstić information content (AvgIpc) is 2.51. The standard InChI is InChI=1S/C20H17NO4/c1-12-16(19(22)23)15(11-10-13-6-3-2-4-7-13)17(20(24)25)18(21-12)14-8-5-9-14/h2-4,6-7,14H,5,8-9H2,1H3,(H,22,23)(H,24,25). The predicted octanol–water partition coefficient (Wildman–Crippen LogP) is 3.45. The second-order valence-corrected chi connectivity index (χ2v) is 6.06. The minimum atomic E-state index is -1.22. The number of hydrogen-bond donors (Lipinski definition) is 2. The number of hydrogen-bond acceptors (Lipinski definition) is 3. The summed E-state index contributed by atoms with van der Waals surface area (Å²) in [6.07, 6.45) is 2.76. The first-order valence-corrected chi connectivity index (χ1v) is 8.07. The quantitative estimate of drug-likeness (QED) is 0.839. The number of aryl methyl sites for hydroxylation is 1. The van der Waals surface area contributed by atoms with Crippen LogP contribution in [0.15, 0.2) is 30.3 Å². The van der Waals surface area contributed by atoms with Gasteiger partial charge in [-0.15, -0.1) is 0 Å². The summed E-state index contributed by atoms with van der Waals surface area (Å²) in [6, 6.07) is 9.06. The van der Waals surface area contributed by atoms with Crippen molar-refractivity contribution in [2.75, 3.05) is 0 Å². The van der Waals surface area contributed by atoms with E-state index < -0.39 is 11.9 Å². The van der Waals surface area contributed by atoms with Crippen LogP contribution in [0.3, 0.4) is 0 Å². The summed E-state index contributed by atoms with van der Waals surface area (Å²) in [5.74, 6) is 3.33. The number of nitrogens with zero attached hydrogens (tertiary/aromatic N) is 1. The van der Waals surface area contributed by atoms with Gasteiger partial charge in [0.2, 0.25) is 0 Å². The van der Waals surface area contributed by atoms with E-state index in [0.29, 0.717) is 17.0 Å². The van der Waals surface area contributed by atoms with Crippen molar-refractivity contribution in [1.82, 2.24) is 4.98 Å². The molecule has 1 heterocycles. The average molecular weight is 335 g/mol. The van der Waals surface area contributed by atoms with Crippen LogP contribution in [0.25, 0.3) is 0 Å². The van der Waals surface area contributed by atoms with E-state index in [1.807, 2.05) is 18.2 Å². The fourth-order valence-electron chi connectivity index (χ4n) is 2.96. The van der Waals surface area contributed by atoms with Crippen LogP contribution in [0, 0.1) is 18.8 Å². The van der Waals surface area contributed by atoms with Crippen LogP contribution in [0.2, 0.25) is 0 Å². The number of benzene rings is 1. The maximum atomic E-state index is 11.9. The zero-order chi connectivity index (χ0) is 18.0. The normalized spacial score (nSPS) is 13.5. The summed E-state index contributed by atoms with van der Waals surface area (Å²) < 4.78 is 0. The van der Waals surface area contributed by atoms with Crippen LogP contribution in [0.4, 0.5) is 0 Å². The van der Waals surface area contributed by atoms with Gasteiger partial charge in [0.15, 0.2) is 0 Å². The Morgan fingerprint density at radius 2 is 1.68 bits per heavy atom. The molecule has 126 valence electrons. The highest BCUT2D eigenvalue weighted by Gasteiger charge is 2.31. The molecular formula is C20H17NO4. The third kappa shape index (κ3) is 3.24. The lowest BCUT2D eigenvalue weighted by molar-refractivity contribution is 0.0693. The summed E-state index contributed by atoms with van der Waals surface area (Å²) in [5, 5.41) is 19.3. The SMILES string of the molecule is Cc1nc(C2CCC2)c(C(=O)O)c(C#Cc2ccccc2)c1C(=O)O. The van der Waals surface area contributed by atoms with Gasteiger partial charge in [-0.25, -0.2) is 9.59 Å². The van der Waals surface area contributed by atoms with Crippen molar-refractivity contribution >= 4 is 11.9 Å². The van der Waals surface area contributed by atoms with Crippen molar-refractivity contribution in [3.05, 3.63) is 64.0 Å². The molecule has 2 N–H and O–H groups in total. The summed E-state index contributed by atoms with van der Waals surface area (Å²) in [6.45, 7) is 1.59. The molecule has 0 saturated heterocycles. The summed E-state index contributed by atoms with van der Waals surface area (Å²) in [7, 11) is 0. The zero-order valence-electron chi connectivity index (χ0n) is 13.7. The lowest BCUT2D eigenvalue weighted by Gasteiger charge is -2.27. The van der Waals surface area contributed by atoms with Crippen molar-refractivity contribution in [3.63, 3.8) is 0 Å². The molecule has 0 spiro atoms. The lowest BCUT2D eigenvalue weighted by Crippen LogP contribution is -2.21. The molecule has 5 nitrogen and oxygen atoms in total. The molecule has 5 heteroatoms. The van der Waals surface area contributed by atoms with Gasteiger partial charge in [-0.3, -0.25) is 4.98 Å². The Morgan fingerprint density at radius 1 is 1.04 bits per heavy atom. The Bertz CT molecular complexity index is 903. The predicted molar refractivity (Wildman–Crippen MR) is 91.9 cm³/mol. The van der Waals surface area contributed by atoms with Gasteiger partial charge >= 0.3 is 11.9 Å². The van der Waals surface area contributed by atoms with Gasteiger partial charge in [-0.2, -0.15) is 0 Å². The molecule has 3 rings (SSSR count). The minimum absolute atomic E-state index is 0.0400. The van der Waals surface area contributed by atoms with E-state index in [9.17, 15) is 19.8 Å². The zero-order valence-corrected chi connectivity index (χ0v) is 13.7. The molecule has 0 radical (unpaired) electrons. The third-order valence-electron chi connectivity index (χ3n) is 4.43. The summed E-state index contributed by atoms with van der Waals surface area (Å²) >= 11 is 0. The first-order chi connectivity index (χ1) is 12.0. The number of aromatic carboxylic acids is 2. The molecule has 1 saturated carbocycles. The summed E-state index contributed by atoms with van der Waals surface area (Å²) in [5.41, 5.74) is 1.28. The van der Waals surface area contributed by atoms with Gasteiger partial charge in [-0.05, 0) is 31.9 Å². The second kappa shape index (κ2) is 6.78. The van der Waals surface area contributed by atoms with E-state index in [2.05, 4.69) is 16.8 Å². The minimum Gasteiger partial charge on any atom is -0.478 e. The number of carboxylic acid groups (broad SMARTS) is 2. The first kappa shape index (κ1) is 16.7. The topological polar surface area (TPSA) is 87.5 Å². The highest BCUT2D eigenvalue weighted by Crippen LogP contribution is 2.38. The maximum Gasteiger partial charge on any atom is 0.338 e. The van der Waals surface area contributed by atoms with E-state index in [4.69, 9.17) is 0 Å². The van der Waals surface area contributed by atoms with Crippen LogP contribution in [-0.2, 0) is 0 Å². The van der Waals surface area contributed by atoms with Crippen molar-refractivity contribution in [1.29, 1.82) is 0 Å². The second-order valence-electron chi connectivity index (χ2n) is 6.06. The Kier molecular flexibility index (Phi) is 4.53. The first-order valence-electron chi connectivity index (χ1n) is 8.07. The summed E-state index contributed by atoms with van der Waals surface area (Å²) in [4.78, 5) is 27.9. The Labute approximate surface area is 145 Å². The van der Waals surface area contributed by atoms with Crippen LogP contribution < -0.4 is 0 Å². The highest BCUT2D eigenvalue weighted by molar-refractivity contribution is 6.00. The molecule has 25 heavy (non-hydrogen) atoms. The van der Waals surface area contributed by atoms with Gasteiger partial charge < -0.3 is 10.2 Å². The molecule has 1 aliphatic rings. The Morgan fingerprint density at radius 3 is 2.20 bits per heavy atom. The molecule has 1 fully saturated rings. The fraction of sp³-hybridized carbons (Fsp3) is 0.250. The Balaban J connectivity index is 2.25. The van der Waals surface area contributed by atoms with Gasteiger partial charge in [-0.1, -0.05) is 36.5 Å². The monoisotopic (exact) mass is 335 g/mol. The van der Waals surface area contributed by atoms with Crippen molar-refractivity contribution in [2.45, 2.75) is 32.1 Å². The van der Waals surface area contributed by atoms with Gasteiger partial charge in [0.05, 0.1) is 28.1 Å². The smallest absolute Gasteiger partial charge is 0.338 e. The molecule has 1 aromatic carbocycles. The molecular weight excluding hydrogens is 318 g/mol. The van der Waals surface area contributed by atoms with Crippen LogP contribution in [0.5, 0.6) is 0 Å².